The van der Waals surface area contributed by atoms with Gasteiger partial charge in [0.1, 0.15) is 22.6 Å². The molecule has 1 fully saturated rings. The van der Waals surface area contributed by atoms with Crippen LogP contribution in [0, 0.1) is 5.41 Å². The zero-order valence-electron chi connectivity index (χ0n) is 23.8. The average molecular weight is 539 g/mol. The molecule has 0 bridgehead atoms. The standard InChI is InChI=1S/C29H38N4O6/c1-18(2)37-22-11-9-20(10-12-22)29(36,28(8)16-33(17-28)25(34)38-26(3,4)5)21-13-19(14-30-15-21)23-31-24(39-32-23)27(6,7)35/h9-15,18,35-36H,16-17H2,1-8H3. The summed E-state index contributed by atoms with van der Waals surface area (Å²) in [6, 6.07) is 9.05. The summed E-state index contributed by atoms with van der Waals surface area (Å²) in [5.74, 6) is 0.986. The van der Waals surface area contributed by atoms with Gasteiger partial charge in [0.05, 0.1) is 6.10 Å². The monoisotopic (exact) mass is 538 g/mol. The molecule has 3 aromatic rings. The van der Waals surface area contributed by atoms with E-state index in [1.54, 1.807) is 37.2 Å². The van der Waals surface area contributed by atoms with E-state index in [4.69, 9.17) is 14.0 Å². The number of nitrogens with zero attached hydrogens (tertiary/aromatic N) is 4. The van der Waals surface area contributed by atoms with E-state index in [1.165, 1.54) is 0 Å². The maximum absolute atomic E-state index is 12.7. The van der Waals surface area contributed by atoms with E-state index in [0.717, 1.165) is 0 Å². The van der Waals surface area contributed by atoms with Crippen LogP contribution in [0.1, 0.15) is 72.4 Å². The van der Waals surface area contributed by atoms with Crippen molar-refractivity contribution in [2.24, 2.45) is 5.41 Å². The largest absolute Gasteiger partial charge is 0.491 e. The zero-order chi connectivity index (χ0) is 28.8. The Morgan fingerprint density at radius 2 is 1.69 bits per heavy atom. The smallest absolute Gasteiger partial charge is 0.410 e. The summed E-state index contributed by atoms with van der Waals surface area (Å²) in [5, 5.41) is 26.8. The van der Waals surface area contributed by atoms with E-state index >= 15 is 0 Å². The maximum Gasteiger partial charge on any atom is 0.410 e. The van der Waals surface area contributed by atoms with E-state index in [9.17, 15) is 15.0 Å². The third-order valence-corrected chi connectivity index (χ3v) is 6.61. The van der Waals surface area contributed by atoms with Crippen molar-refractivity contribution < 1.29 is 29.0 Å². The van der Waals surface area contributed by atoms with Gasteiger partial charge in [-0.25, -0.2) is 4.79 Å². The van der Waals surface area contributed by atoms with Crippen LogP contribution in [0.4, 0.5) is 4.79 Å². The van der Waals surface area contributed by atoms with Gasteiger partial charge in [0.25, 0.3) is 5.89 Å². The molecule has 10 heteroatoms. The molecule has 4 rings (SSSR count). The number of aliphatic hydroxyl groups is 2. The Kier molecular flexibility index (Phi) is 7.24. The van der Waals surface area contributed by atoms with E-state index < -0.39 is 28.3 Å². The lowest BCUT2D eigenvalue weighted by Gasteiger charge is -2.56. The third-order valence-electron chi connectivity index (χ3n) is 6.61. The van der Waals surface area contributed by atoms with Crippen LogP contribution in [0.3, 0.4) is 0 Å². The van der Waals surface area contributed by atoms with Crippen molar-refractivity contribution in [3.05, 3.63) is 59.7 Å². The molecule has 1 aromatic carbocycles. The van der Waals surface area contributed by atoms with Gasteiger partial charge in [-0.05, 0) is 72.2 Å². The molecule has 0 aliphatic carbocycles. The van der Waals surface area contributed by atoms with Crippen LogP contribution in [0.2, 0.25) is 0 Å². The van der Waals surface area contributed by atoms with Crippen LogP contribution < -0.4 is 4.74 Å². The Balaban J connectivity index is 1.74. The van der Waals surface area contributed by atoms with Crippen molar-refractivity contribution in [3.8, 4) is 17.1 Å². The molecule has 10 nitrogen and oxygen atoms in total. The number of likely N-dealkylation sites (tertiary alicyclic amines) is 1. The molecule has 0 spiro atoms. The Labute approximate surface area is 229 Å². The van der Waals surface area contributed by atoms with Gasteiger partial charge in [-0.15, -0.1) is 0 Å². The van der Waals surface area contributed by atoms with Gasteiger partial charge in [0.15, 0.2) is 0 Å². The fourth-order valence-electron chi connectivity index (χ4n) is 4.74. The van der Waals surface area contributed by atoms with Crippen LogP contribution in [0.5, 0.6) is 5.75 Å². The maximum atomic E-state index is 12.7. The van der Waals surface area contributed by atoms with Crippen molar-refractivity contribution in [2.75, 3.05) is 13.1 Å². The number of benzene rings is 1. The first-order valence-corrected chi connectivity index (χ1v) is 13.0. The summed E-state index contributed by atoms with van der Waals surface area (Å²) in [6.07, 6.45) is 2.74. The molecular weight excluding hydrogens is 500 g/mol. The van der Waals surface area contributed by atoms with Gasteiger partial charge in [0, 0.05) is 42.0 Å². The normalized spacial score (nSPS) is 16.9. The second kappa shape index (κ2) is 9.91. The molecule has 0 radical (unpaired) electrons. The lowest BCUT2D eigenvalue weighted by atomic mass is 9.62. The fourth-order valence-corrected chi connectivity index (χ4v) is 4.74. The molecule has 1 aliphatic rings. The quantitative estimate of drug-likeness (QED) is 0.442. The van der Waals surface area contributed by atoms with Gasteiger partial charge < -0.3 is 29.1 Å². The summed E-state index contributed by atoms with van der Waals surface area (Å²) in [7, 11) is 0. The van der Waals surface area contributed by atoms with Gasteiger partial charge in [-0.2, -0.15) is 4.98 Å². The number of ether oxygens (including phenoxy) is 2. The molecule has 1 atom stereocenters. The van der Waals surface area contributed by atoms with Crippen molar-refractivity contribution >= 4 is 6.09 Å². The Bertz CT molecular complexity index is 1320. The van der Waals surface area contributed by atoms with Crippen molar-refractivity contribution in [3.63, 3.8) is 0 Å². The van der Waals surface area contributed by atoms with Crippen LogP contribution in [0.25, 0.3) is 11.4 Å². The topological polar surface area (TPSA) is 131 Å². The third kappa shape index (κ3) is 5.77. The van der Waals surface area contributed by atoms with E-state index in [0.29, 0.717) is 22.4 Å². The van der Waals surface area contributed by atoms with Crippen molar-refractivity contribution in [1.82, 2.24) is 20.0 Å². The number of hydrogen-bond donors (Lipinski definition) is 2. The number of hydrogen-bond acceptors (Lipinski definition) is 9. The summed E-state index contributed by atoms with van der Waals surface area (Å²) in [4.78, 5) is 23.0. The molecule has 210 valence electrons. The van der Waals surface area contributed by atoms with Crippen molar-refractivity contribution in [2.45, 2.75) is 78.3 Å². The minimum absolute atomic E-state index is 0.00546. The lowest BCUT2D eigenvalue weighted by molar-refractivity contribution is -0.131. The second-order valence-corrected chi connectivity index (χ2v) is 12.2. The van der Waals surface area contributed by atoms with Crippen LogP contribution in [-0.4, -0.2) is 61.1 Å². The fraction of sp³-hybridized carbons (Fsp3) is 0.517. The molecule has 2 N–H and O–H groups in total. The Morgan fingerprint density at radius 3 is 2.23 bits per heavy atom. The minimum Gasteiger partial charge on any atom is -0.491 e. The second-order valence-electron chi connectivity index (χ2n) is 12.2. The van der Waals surface area contributed by atoms with Crippen LogP contribution in [0.15, 0.2) is 47.2 Å². The van der Waals surface area contributed by atoms with Crippen molar-refractivity contribution in [1.29, 1.82) is 0 Å². The summed E-state index contributed by atoms with van der Waals surface area (Å²) in [5.41, 5.74) is -2.63. The average Bonchev–Trinajstić information content (AvgIpc) is 3.32. The number of amides is 1. The first kappa shape index (κ1) is 28.5. The Hall–Kier alpha value is -3.50. The molecular formula is C29H38N4O6. The Morgan fingerprint density at radius 1 is 1.05 bits per heavy atom. The molecule has 1 amide bonds. The first-order chi connectivity index (χ1) is 18.0. The number of rotatable bonds is 7. The lowest BCUT2D eigenvalue weighted by Crippen LogP contribution is -2.66. The molecule has 0 saturated carbocycles. The number of pyridine rings is 1. The minimum atomic E-state index is -1.55. The predicted octanol–water partition coefficient (Wildman–Crippen LogP) is 4.64. The highest BCUT2D eigenvalue weighted by atomic mass is 16.6. The SMILES string of the molecule is CC(C)Oc1ccc(C(O)(c2cncc(-c3noc(C(C)(C)O)n3)c2)C2(C)CN(C(=O)OC(C)(C)C)C2)cc1. The molecule has 39 heavy (non-hydrogen) atoms. The molecule has 2 aromatic heterocycles. The summed E-state index contributed by atoms with van der Waals surface area (Å²) < 4.78 is 16.6. The number of carbonyl (C=O) groups excluding carboxylic acids is 1. The highest BCUT2D eigenvalue weighted by Gasteiger charge is 2.58. The zero-order valence-corrected chi connectivity index (χ0v) is 23.8. The van der Waals surface area contributed by atoms with Gasteiger partial charge in [0.2, 0.25) is 5.82 Å². The van der Waals surface area contributed by atoms with E-state index in [-0.39, 0.29) is 30.9 Å². The van der Waals surface area contributed by atoms with Gasteiger partial charge >= 0.3 is 6.09 Å². The van der Waals surface area contributed by atoms with E-state index in [2.05, 4.69) is 15.1 Å². The first-order valence-electron chi connectivity index (χ1n) is 13.0. The predicted molar refractivity (Wildman–Crippen MR) is 144 cm³/mol. The van der Waals surface area contributed by atoms with Crippen LogP contribution >= 0.6 is 0 Å². The highest BCUT2D eigenvalue weighted by Crippen LogP contribution is 2.51. The number of carbonyl (C=O) groups is 1. The summed E-state index contributed by atoms with van der Waals surface area (Å²) in [6.45, 7) is 14.9. The molecule has 1 aliphatic heterocycles. The van der Waals surface area contributed by atoms with E-state index in [1.807, 2.05) is 65.8 Å². The van der Waals surface area contributed by atoms with Gasteiger partial charge in [-0.3, -0.25) is 4.98 Å². The highest BCUT2D eigenvalue weighted by molar-refractivity contribution is 5.70. The molecule has 1 saturated heterocycles. The molecule has 1 unspecified atom stereocenters. The number of aromatic nitrogens is 3. The van der Waals surface area contributed by atoms with Gasteiger partial charge in [-0.1, -0.05) is 24.2 Å². The summed E-state index contributed by atoms with van der Waals surface area (Å²) >= 11 is 0. The van der Waals surface area contributed by atoms with Crippen LogP contribution in [-0.2, 0) is 15.9 Å². The molecule has 3 heterocycles.